The molecule has 2 heterocycles. The summed E-state index contributed by atoms with van der Waals surface area (Å²) >= 11 is 0. The van der Waals surface area contributed by atoms with Gasteiger partial charge in [-0.3, -0.25) is 9.59 Å². The Kier molecular flexibility index (Phi) is 14.5. The summed E-state index contributed by atoms with van der Waals surface area (Å²) in [5.74, 6) is 1.54. The van der Waals surface area contributed by atoms with E-state index >= 15 is 0 Å². The first kappa shape index (κ1) is 38.1. The molecular formula is C38H45N7O6. The van der Waals surface area contributed by atoms with Gasteiger partial charge in [0, 0.05) is 87.5 Å². The molecule has 0 aliphatic rings. The van der Waals surface area contributed by atoms with Crippen LogP contribution in [0.4, 0.5) is 0 Å². The van der Waals surface area contributed by atoms with E-state index in [1.807, 2.05) is 55.5 Å². The average molecular weight is 696 g/mol. The van der Waals surface area contributed by atoms with Gasteiger partial charge in [0.2, 0.25) is 35.3 Å². The molecule has 2 amide bonds. The molecule has 2 aromatic heterocycles. The number of ether oxygens (including phenoxy) is 4. The summed E-state index contributed by atoms with van der Waals surface area (Å²) in [7, 11) is 3.11. The summed E-state index contributed by atoms with van der Waals surface area (Å²) in [4.78, 5) is 31.1. The van der Waals surface area contributed by atoms with Crippen LogP contribution in [-0.4, -0.2) is 62.2 Å². The van der Waals surface area contributed by atoms with Gasteiger partial charge >= 0.3 is 0 Å². The van der Waals surface area contributed by atoms with E-state index in [1.165, 1.54) is 13.8 Å². The van der Waals surface area contributed by atoms with Crippen molar-refractivity contribution in [2.24, 2.45) is 0 Å². The lowest BCUT2D eigenvalue weighted by molar-refractivity contribution is -0.119. The molecule has 0 saturated heterocycles. The van der Waals surface area contributed by atoms with Crippen LogP contribution < -0.4 is 40.2 Å². The van der Waals surface area contributed by atoms with Gasteiger partial charge in [0.15, 0.2) is 0 Å². The topological polar surface area (TPSA) is 169 Å². The molecule has 0 spiro atoms. The number of aromatic nitrogens is 2. The van der Waals surface area contributed by atoms with Crippen LogP contribution in [0.2, 0.25) is 0 Å². The Labute approximate surface area is 298 Å². The molecule has 13 nitrogen and oxygen atoms in total. The first-order valence-electron chi connectivity index (χ1n) is 16.6. The van der Waals surface area contributed by atoms with Crippen LogP contribution in [-0.2, 0) is 35.9 Å². The zero-order valence-corrected chi connectivity index (χ0v) is 29.7. The molecule has 0 saturated carbocycles. The second kappa shape index (κ2) is 19.5. The summed E-state index contributed by atoms with van der Waals surface area (Å²) in [6.07, 6.45) is 0. The van der Waals surface area contributed by atoms with Gasteiger partial charge in [-0.05, 0) is 35.7 Å². The zero-order chi connectivity index (χ0) is 36.6. The quantitative estimate of drug-likeness (QED) is 0.105. The first-order chi connectivity index (χ1) is 24.7. The average Bonchev–Trinajstić information content (AvgIpc) is 3.13. The largest absolute Gasteiger partial charge is 0.481 e. The van der Waals surface area contributed by atoms with E-state index in [2.05, 4.69) is 37.3 Å². The number of carbonyl (C=O) groups is 2. The van der Waals surface area contributed by atoms with Crippen LogP contribution >= 0.6 is 0 Å². The fraction of sp³-hybridized carbons (Fsp3) is 0.342. The number of nitriles is 1. The number of hydrogen-bond acceptors (Lipinski definition) is 11. The van der Waals surface area contributed by atoms with Crippen LogP contribution in [0.1, 0.15) is 47.2 Å². The highest BCUT2D eigenvalue weighted by molar-refractivity contribution is 5.75. The highest BCUT2D eigenvalue weighted by Crippen LogP contribution is 2.32. The van der Waals surface area contributed by atoms with Gasteiger partial charge in [-0.25, -0.2) is 0 Å². The number of amides is 2. The highest BCUT2D eigenvalue weighted by Gasteiger charge is 2.16. The van der Waals surface area contributed by atoms with Crippen molar-refractivity contribution in [2.75, 3.05) is 40.4 Å². The second-order valence-electron chi connectivity index (χ2n) is 11.6. The van der Waals surface area contributed by atoms with Gasteiger partial charge in [-0.2, -0.15) is 15.2 Å². The maximum Gasteiger partial charge on any atom is 0.220 e. The Hall–Kier alpha value is -5.71. The minimum absolute atomic E-state index is 0.0668. The molecule has 268 valence electrons. The van der Waals surface area contributed by atoms with E-state index in [1.54, 1.807) is 26.4 Å². The maximum absolute atomic E-state index is 11.1. The fourth-order valence-electron chi connectivity index (χ4n) is 5.30. The van der Waals surface area contributed by atoms with Crippen molar-refractivity contribution in [3.05, 3.63) is 94.0 Å². The van der Waals surface area contributed by atoms with Crippen molar-refractivity contribution in [2.45, 2.75) is 47.1 Å². The number of rotatable bonds is 19. The molecule has 0 aliphatic carbocycles. The molecule has 0 aliphatic heterocycles. The van der Waals surface area contributed by atoms with Crippen LogP contribution in [0.25, 0.3) is 11.1 Å². The molecule has 51 heavy (non-hydrogen) atoms. The number of nitrogens with one attached hydrogen (secondary N) is 4. The lowest BCUT2D eigenvalue weighted by Gasteiger charge is -2.16. The molecular weight excluding hydrogens is 650 g/mol. The number of pyridine rings is 2. The molecule has 0 unspecified atom stereocenters. The van der Waals surface area contributed by atoms with Crippen molar-refractivity contribution < 1.29 is 28.5 Å². The normalized spacial score (nSPS) is 10.6. The van der Waals surface area contributed by atoms with Crippen molar-refractivity contribution in [1.82, 2.24) is 31.2 Å². The summed E-state index contributed by atoms with van der Waals surface area (Å²) in [6, 6.07) is 21.4. The second-order valence-corrected chi connectivity index (χ2v) is 11.6. The highest BCUT2D eigenvalue weighted by atomic mass is 16.5. The van der Waals surface area contributed by atoms with E-state index in [0.29, 0.717) is 68.4 Å². The molecule has 0 atom stereocenters. The molecule has 0 radical (unpaired) electrons. The van der Waals surface area contributed by atoms with Gasteiger partial charge < -0.3 is 40.2 Å². The van der Waals surface area contributed by atoms with E-state index in [-0.39, 0.29) is 25.0 Å². The lowest BCUT2D eigenvalue weighted by Crippen LogP contribution is -2.30. The molecule has 0 bridgehead atoms. The van der Waals surface area contributed by atoms with E-state index in [4.69, 9.17) is 18.9 Å². The number of methoxy groups -OCH3 is 2. The van der Waals surface area contributed by atoms with Gasteiger partial charge in [0.05, 0.1) is 19.8 Å². The van der Waals surface area contributed by atoms with Crippen molar-refractivity contribution >= 4 is 11.8 Å². The van der Waals surface area contributed by atoms with Gasteiger partial charge in [0.25, 0.3) is 0 Å². The monoisotopic (exact) mass is 695 g/mol. The fourth-order valence-corrected chi connectivity index (χ4v) is 5.30. The summed E-state index contributed by atoms with van der Waals surface area (Å²) in [5, 5.41) is 22.3. The number of hydrogen-bond donors (Lipinski definition) is 4. The third kappa shape index (κ3) is 11.1. The summed E-state index contributed by atoms with van der Waals surface area (Å²) in [5.41, 5.74) is 6.59. The van der Waals surface area contributed by atoms with Crippen molar-refractivity contribution in [1.29, 1.82) is 5.26 Å². The standard InChI is InChI=1S/C38H45N7O6/c1-25-30(23-50-35-14-12-28(37(44-35)48-4)21-40-16-18-42-26(2)46)8-6-10-32(25)33-11-7-9-31(34(33)20-39)24-51-36-15-13-29(38(45-36)49-5)22-41-17-19-43-27(3)47/h6-15,40-41H,16-19,21-24H2,1-5H3,(H,42,46)(H,43,47). The Balaban J connectivity index is 1.42. The van der Waals surface area contributed by atoms with E-state index < -0.39 is 0 Å². The van der Waals surface area contributed by atoms with E-state index in [0.717, 1.165) is 38.9 Å². The van der Waals surface area contributed by atoms with Crippen molar-refractivity contribution in [3.63, 3.8) is 0 Å². The SMILES string of the molecule is COc1nc(OCc2cccc(-c3cccc(COc4ccc(CNCCNC(C)=O)c(OC)n4)c3C#N)c2C)ccc1CNCCNC(C)=O. The smallest absolute Gasteiger partial charge is 0.220 e. The maximum atomic E-state index is 11.1. The number of nitrogens with zero attached hydrogens (tertiary/aromatic N) is 3. The zero-order valence-electron chi connectivity index (χ0n) is 29.7. The predicted molar refractivity (Wildman–Crippen MR) is 192 cm³/mol. The van der Waals surface area contributed by atoms with Gasteiger partial charge in [-0.15, -0.1) is 0 Å². The first-order valence-corrected chi connectivity index (χ1v) is 16.6. The Bertz CT molecular complexity index is 1840. The minimum Gasteiger partial charge on any atom is -0.481 e. The molecule has 4 N–H and O–H groups in total. The lowest BCUT2D eigenvalue weighted by atomic mass is 9.91. The van der Waals surface area contributed by atoms with Crippen LogP contribution in [0.3, 0.4) is 0 Å². The van der Waals surface area contributed by atoms with Crippen LogP contribution in [0.5, 0.6) is 23.5 Å². The Morgan fingerprint density at radius 3 is 1.65 bits per heavy atom. The molecule has 2 aromatic carbocycles. The summed E-state index contributed by atoms with van der Waals surface area (Å²) < 4.78 is 23.1. The Morgan fingerprint density at radius 2 is 1.16 bits per heavy atom. The molecule has 0 fully saturated rings. The molecule has 13 heteroatoms. The molecule has 4 aromatic rings. The third-order valence-corrected chi connectivity index (χ3v) is 7.95. The third-order valence-electron chi connectivity index (χ3n) is 7.95. The Morgan fingerprint density at radius 1 is 0.667 bits per heavy atom. The van der Waals surface area contributed by atoms with Crippen LogP contribution in [0, 0.1) is 18.3 Å². The minimum atomic E-state index is -0.0724. The summed E-state index contributed by atoms with van der Waals surface area (Å²) in [6.45, 7) is 8.69. The van der Waals surface area contributed by atoms with Crippen LogP contribution in [0.15, 0.2) is 60.7 Å². The predicted octanol–water partition coefficient (Wildman–Crippen LogP) is 3.95. The van der Waals surface area contributed by atoms with E-state index in [9.17, 15) is 14.9 Å². The van der Waals surface area contributed by atoms with Gasteiger partial charge in [0.1, 0.15) is 19.3 Å². The van der Waals surface area contributed by atoms with Gasteiger partial charge in [-0.1, -0.05) is 36.4 Å². The number of carbonyl (C=O) groups excluding carboxylic acids is 2. The molecule has 4 rings (SSSR count). The van der Waals surface area contributed by atoms with Crippen molar-refractivity contribution in [3.8, 4) is 40.7 Å². The number of benzene rings is 2.